The van der Waals surface area contributed by atoms with Gasteiger partial charge in [-0.05, 0) is 30.3 Å². The minimum Gasteiger partial charge on any atom is -0.383 e. The molecule has 0 saturated heterocycles. The highest BCUT2D eigenvalue weighted by atomic mass is 32.1. The number of nitrogens with one attached hydrogen (secondary N) is 1. The van der Waals surface area contributed by atoms with Gasteiger partial charge in [0.25, 0.3) is 0 Å². The number of hydrogen-bond donors (Lipinski definition) is 1. The van der Waals surface area contributed by atoms with Gasteiger partial charge in [0.1, 0.15) is 0 Å². The molecular weight excluding hydrogens is 408 g/mol. The van der Waals surface area contributed by atoms with E-state index in [9.17, 15) is 9.59 Å². The first-order valence-corrected chi connectivity index (χ1v) is 10.5. The maximum absolute atomic E-state index is 12.8. The molecule has 1 N–H and O–H groups in total. The second kappa shape index (κ2) is 8.24. The van der Waals surface area contributed by atoms with Crippen LogP contribution >= 0.6 is 22.7 Å². The number of hydrogen-bond acceptors (Lipinski definition) is 6. The van der Waals surface area contributed by atoms with Crippen LogP contribution in [-0.2, 0) is 16.1 Å². The Balaban J connectivity index is 1.79. The summed E-state index contributed by atoms with van der Waals surface area (Å²) in [5.41, 5.74) is 2.42. The van der Waals surface area contributed by atoms with Crippen LogP contribution in [0.4, 0.5) is 5.69 Å². The Kier molecular flexibility index (Phi) is 5.52. The van der Waals surface area contributed by atoms with Crippen molar-refractivity contribution in [1.82, 2.24) is 9.55 Å². The van der Waals surface area contributed by atoms with Crippen LogP contribution in [0.1, 0.15) is 16.7 Å². The van der Waals surface area contributed by atoms with Crippen LogP contribution < -0.4 is 10.1 Å². The van der Waals surface area contributed by atoms with Gasteiger partial charge in [-0.1, -0.05) is 23.5 Å². The molecule has 0 unspecified atom stereocenters. The molecule has 0 atom stereocenters. The molecule has 0 aliphatic carbocycles. The van der Waals surface area contributed by atoms with Crippen LogP contribution in [0.5, 0.6) is 0 Å². The first-order chi connectivity index (χ1) is 14.0. The molecule has 29 heavy (non-hydrogen) atoms. The number of carbonyl (C=O) groups excluding carboxylic acids is 2. The highest BCUT2D eigenvalue weighted by Gasteiger charge is 2.14. The van der Waals surface area contributed by atoms with Crippen molar-refractivity contribution in [3.05, 3.63) is 52.3 Å². The summed E-state index contributed by atoms with van der Waals surface area (Å²) >= 11 is 2.72. The number of methoxy groups -OCH3 is 1. The monoisotopic (exact) mass is 426 g/mol. The molecule has 2 heterocycles. The summed E-state index contributed by atoms with van der Waals surface area (Å²) in [6.07, 6.45) is 0. The second-order valence-electron chi connectivity index (χ2n) is 6.30. The van der Waals surface area contributed by atoms with Gasteiger partial charge in [0.05, 0.1) is 27.0 Å². The van der Waals surface area contributed by atoms with E-state index in [-0.39, 0.29) is 11.8 Å². The first-order valence-electron chi connectivity index (χ1n) is 8.89. The summed E-state index contributed by atoms with van der Waals surface area (Å²) in [6, 6.07) is 13.3. The predicted molar refractivity (Wildman–Crippen MR) is 116 cm³/mol. The van der Waals surface area contributed by atoms with E-state index in [0.717, 1.165) is 20.4 Å². The van der Waals surface area contributed by atoms with Gasteiger partial charge in [0.2, 0.25) is 5.91 Å². The van der Waals surface area contributed by atoms with Crippen molar-refractivity contribution in [1.29, 1.82) is 0 Å². The lowest BCUT2D eigenvalue weighted by Gasteiger charge is -2.05. The van der Waals surface area contributed by atoms with Gasteiger partial charge in [-0.2, -0.15) is 4.99 Å². The van der Waals surface area contributed by atoms with E-state index in [1.54, 1.807) is 7.11 Å². The zero-order valence-corrected chi connectivity index (χ0v) is 17.5. The van der Waals surface area contributed by atoms with Crippen molar-refractivity contribution in [3.63, 3.8) is 0 Å². The number of thiazole rings is 2. The molecule has 0 spiro atoms. The summed E-state index contributed by atoms with van der Waals surface area (Å²) < 4.78 is 9.04. The standard InChI is InChI=1S/C20H18N4O3S2/c1-12(25)21-13-7-8-15-17(11-13)29-20(24(15)9-10-27-2)23-18(26)19-22-14-5-3-4-6-16(14)28-19/h3-8,11H,9-10H2,1-2H3,(H,21,25). The van der Waals surface area contributed by atoms with Gasteiger partial charge < -0.3 is 14.6 Å². The SMILES string of the molecule is COCCn1c(=NC(=O)c2nc3ccccc3s2)sc2cc(NC(C)=O)ccc21. The number of carbonyl (C=O) groups is 2. The lowest BCUT2D eigenvalue weighted by Crippen LogP contribution is -2.19. The Bertz CT molecular complexity index is 1250. The Hall–Kier alpha value is -2.88. The topological polar surface area (TPSA) is 85.6 Å². The number of amides is 2. The number of nitrogens with zero attached hydrogens (tertiary/aromatic N) is 3. The number of anilines is 1. The average molecular weight is 427 g/mol. The van der Waals surface area contributed by atoms with Gasteiger partial charge in [0.15, 0.2) is 9.81 Å². The van der Waals surface area contributed by atoms with Crippen LogP contribution in [0.3, 0.4) is 0 Å². The molecule has 148 valence electrons. The normalized spacial score (nSPS) is 12.0. The Morgan fingerprint density at radius 2 is 2.00 bits per heavy atom. The van der Waals surface area contributed by atoms with Crippen LogP contribution in [-0.4, -0.2) is 35.1 Å². The lowest BCUT2D eigenvalue weighted by molar-refractivity contribution is -0.114. The van der Waals surface area contributed by atoms with Crippen molar-refractivity contribution in [2.45, 2.75) is 13.5 Å². The highest BCUT2D eigenvalue weighted by molar-refractivity contribution is 7.20. The fourth-order valence-corrected chi connectivity index (χ4v) is 4.88. The summed E-state index contributed by atoms with van der Waals surface area (Å²) in [4.78, 5) is 33.4. The fourth-order valence-electron chi connectivity index (χ4n) is 2.94. The molecule has 0 bridgehead atoms. The Labute approximate surface area is 174 Å². The van der Waals surface area contributed by atoms with Crippen LogP contribution in [0.15, 0.2) is 47.5 Å². The third-order valence-corrected chi connectivity index (χ3v) is 6.26. The minimum absolute atomic E-state index is 0.135. The molecule has 0 radical (unpaired) electrons. The molecule has 2 aromatic carbocycles. The average Bonchev–Trinajstić information content (AvgIpc) is 3.26. The van der Waals surface area contributed by atoms with E-state index < -0.39 is 0 Å². The Morgan fingerprint density at radius 1 is 1.17 bits per heavy atom. The predicted octanol–water partition coefficient (Wildman–Crippen LogP) is 3.66. The number of ether oxygens (including phenoxy) is 1. The van der Waals surface area contributed by atoms with Crippen molar-refractivity contribution >= 4 is 60.6 Å². The van der Waals surface area contributed by atoms with Crippen molar-refractivity contribution < 1.29 is 14.3 Å². The van der Waals surface area contributed by atoms with E-state index in [0.29, 0.717) is 28.6 Å². The molecule has 4 aromatic rings. The summed E-state index contributed by atoms with van der Waals surface area (Å²) in [6.45, 7) is 2.51. The minimum atomic E-state index is -0.369. The highest BCUT2D eigenvalue weighted by Crippen LogP contribution is 2.24. The van der Waals surface area contributed by atoms with Crippen LogP contribution in [0, 0.1) is 0 Å². The quantitative estimate of drug-likeness (QED) is 0.528. The van der Waals surface area contributed by atoms with Gasteiger partial charge in [-0.25, -0.2) is 4.98 Å². The van der Waals surface area contributed by atoms with Gasteiger partial charge in [0, 0.05) is 26.3 Å². The summed E-state index contributed by atoms with van der Waals surface area (Å²) in [5, 5.41) is 3.14. The van der Waals surface area contributed by atoms with Crippen molar-refractivity contribution in [3.8, 4) is 0 Å². The first kappa shape index (κ1) is 19.4. The molecule has 0 aliphatic heterocycles. The Morgan fingerprint density at radius 3 is 2.76 bits per heavy atom. The summed E-state index contributed by atoms with van der Waals surface area (Å²) in [5.74, 6) is -0.505. The van der Waals surface area contributed by atoms with E-state index in [4.69, 9.17) is 4.74 Å². The maximum atomic E-state index is 12.8. The lowest BCUT2D eigenvalue weighted by atomic mass is 10.3. The van der Waals surface area contributed by atoms with Gasteiger partial charge in [-0.3, -0.25) is 9.59 Å². The molecule has 9 heteroatoms. The van der Waals surface area contributed by atoms with Crippen LogP contribution in [0.2, 0.25) is 0 Å². The fraction of sp³-hybridized carbons (Fsp3) is 0.200. The molecule has 0 aliphatic rings. The van der Waals surface area contributed by atoms with E-state index in [1.807, 2.05) is 47.0 Å². The zero-order valence-electron chi connectivity index (χ0n) is 15.8. The maximum Gasteiger partial charge on any atom is 0.308 e. The number of para-hydroxylation sites is 1. The van der Waals surface area contributed by atoms with Gasteiger partial charge in [-0.15, -0.1) is 11.3 Å². The number of benzene rings is 2. The van der Waals surface area contributed by atoms with Gasteiger partial charge >= 0.3 is 5.91 Å². The molecule has 0 fully saturated rings. The largest absolute Gasteiger partial charge is 0.383 e. The zero-order chi connectivity index (χ0) is 20.4. The van der Waals surface area contributed by atoms with E-state index in [2.05, 4.69) is 15.3 Å². The molecular formula is C20H18N4O3S2. The third-order valence-electron chi connectivity index (χ3n) is 4.20. The molecule has 7 nitrogen and oxygen atoms in total. The van der Waals surface area contributed by atoms with Crippen molar-refractivity contribution in [2.75, 3.05) is 19.0 Å². The van der Waals surface area contributed by atoms with E-state index in [1.165, 1.54) is 29.6 Å². The second-order valence-corrected chi connectivity index (χ2v) is 8.34. The van der Waals surface area contributed by atoms with E-state index >= 15 is 0 Å². The molecule has 2 amide bonds. The molecule has 2 aromatic heterocycles. The summed E-state index contributed by atoms with van der Waals surface area (Å²) in [7, 11) is 1.63. The van der Waals surface area contributed by atoms with Crippen molar-refractivity contribution in [2.24, 2.45) is 4.99 Å². The number of rotatable bonds is 5. The smallest absolute Gasteiger partial charge is 0.308 e. The number of aromatic nitrogens is 2. The van der Waals surface area contributed by atoms with Crippen LogP contribution in [0.25, 0.3) is 20.4 Å². The molecule has 4 rings (SSSR count). The number of fused-ring (bicyclic) bond motifs is 2. The third kappa shape index (κ3) is 4.12. The molecule has 0 saturated carbocycles.